The lowest BCUT2D eigenvalue weighted by molar-refractivity contribution is -0.142. The van der Waals surface area contributed by atoms with Crippen LogP contribution in [0, 0.1) is 0 Å². The van der Waals surface area contributed by atoms with Crippen LogP contribution >= 0.6 is 11.6 Å². The van der Waals surface area contributed by atoms with Crippen molar-refractivity contribution in [2.75, 3.05) is 25.2 Å². The van der Waals surface area contributed by atoms with Gasteiger partial charge in [-0.3, -0.25) is 4.79 Å². The molecule has 2 aromatic heterocycles. The number of ether oxygens (including phenoxy) is 2. The number of hydrogen-bond acceptors (Lipinski definition) is 9. The van der Waals surface area contributed by atoms with Gasteiger partial charge in [-0.25, -0.2) is 19.7 Å². The van der Waals surface area contributed by atoms with Crippen LogP contribution in [0.1, 0.15) is 23.2 Å². The number of esters is 1. The number of nitrogen functional groups attached to an aromatic ring is 2. The number of imidazole rings is 1. The minimum absolute atomic E-state index is 0.0521. The Morgan fingerprint density at radius 1 is 1.20 bits per heavy atom. The summed E-state index contributed by atoms with van der Waals surface area (Å²) in [6.45, 7) is 2.45. The number of nitrogens with zero attached hydrogens (tertiary/aromatic N) is 4. The van der Waals surface area contributed by atoms with Gasteiger partial charge in [-0.1, -0.05) is 11.6 Å². The van der Waals surface area contributed by atoms with E-state index in [4.69, 9.17) is 27.8 Å². The maximum Gasteiger partial charge on any atom is 0.343 e. The maximum atomic E-state index is 12.5. The third kappa shape index (κ3) is 4.35. The van der Waals surface area contributed by atoms with Crippen LogP contribution in [0.2, 0.25) is 5.15 Å². The van der Waals surface area contributed by atoms with E-state index < -0.39 is 11.9 Å². The maximum absolute atomic E-state index is 12.5. The van der Waals surface area contributed by atoms with E-state index >= 15 is 0 Å². The Balaban J connectivity index is 1.79. The Morgan fingerprint density at radius 2 is 1.97 bits per heavy atom. The summed E-state index contributed by atoms with van der Waals surface area (Å²) in [5, 5.41) is 2.60. The van der Waals surface area contributed by atoms with Crippen LogP contribution in [-0.4, -0.2) is 45.1 Å². The highest BCUT2D eigenvalue weighted by Crippen LogP contribution is 2.23. The summed E-state index contributed by atoms with van der Waals surface area (Å²) in [7, 11) is 1.29. The van der Waals surface area contributed by atoms with Crippen LogP contribution in [0.15, 0.2) is 18.2 Å². The SMILES string of the molecule is CCn1c(CNC(=O)c2nc(Cl)c(N)nc2N)nc2ccc(OCC(=O)OC)cc21. The molecule has 0 aliphatic rings. The molecule has 1 amide bonds. The van der Waals surface area contributed by atoms with E-state index in [9.17, 15) is 9.59 Å². The lowest BCUT2D eigenvalue weighted by atomic mass is 10.3. The van der Waals surface area contributed by atoms with Crippen molar-refractivity contribution < 1.29 is 19.1 Å². The van der Waals surface area contributed by atoms with E-state index in [1.807, 2.05) is 11.5 Å². The molecular weight excluding hydrogens is 414 g/mol. The standard InChI is InChI=1S/C18H20ClN7O4/c1-3-26-11-6-9(30-8-13(27)29-2)4-5-10(11)23-12(26)7-22-18(28)14-16(20)25-17(21)15(19)24-14/h4-6H,3,7-8H2,1-2H3,(H,22,28)(H4,20,21,25). The van der Waals surface area contributed by atoms with E-state index in [1.54, 1.807) is 18.2 Å². The highest BCUT2D eigenvalue weighted by molar-refractivity contribution is 6.31. The van der Waals surface area contributed by atoms with Crippen LogP contribution in [0.3, 0.4) is 0 Å². The first-order valence-corrected chi connectivity index (χ1v) is 9.27. The number of anilines is 2. The normalized spacial score (nSPS) is 10.8. The second kappa shape index (κ2) is 8.82. The van der Waals surface area contributed by atoms with E-state index in [1.165, 1.54) is 7.11 Å². The Morgan fingerprint density at radius 3 is 2.67 bits per heavy atom. The summed E-state index contributed by atoms with van der Waals surface area (Å²) in [4.78, 5) is 35.9. The van der Waals surface area contributed by atoms with E-state index in [2.05, 4.69) is 25.0 Å². The molecule has 30 heavy (non-hydrogen) atoms. The minimum atomic E-state index is -0.557. The molecular formula is C18H20ClN7O4. The quantitative estimate of drug-likeness (QED) is 0.464. The smallest absolute Gasteiger partial charge is 0.343 e. The van der Waals surface area contributed by atoms with Crippen molar-refractivity contribution in [2.24, 2.45) is 0 Å². The molecule has 3 rings (SSSR count). The number of hydrogen-bond donors (Lipinski definition) is 3. The van der Waals surface area contributed by atoms with Gasteiger partial charge in [0.15, 0.2) is 29.1 Å². The molecule has 0 saturated carbocycles. The predicted molar refractivity (Wildman–Crippen MR) is 110 cm³/mol. The number of methoxy groups -OCH3 is 1. The third-order valence-corrected chi connectivity index (χ3v) is 4.50. The lowest BCUT2D eigenvalue weighted by Crippen LogP contribution is -2.27. The van der Waals surface area contributed by atoms with Gasteiger partial charge in [0.25, 0.3) is 5.91 Å². The van der Waals surface area contributed by atoms with Crippen molar-refractivity contribution in [3.63, 3.8) is 0 Å². The summed E-state index contributed by atoms with van der Waals surface area (Å²) < 4.78 is 11.9. The van der Waals surface area contributed by atoms with E-state index in [0.29, 0.717) is 23.6 Å². The number of aromatic nitrogens is 4. The van der Waals surface area contributed by atoms with Crippen molar-refractivity contribution in [1.29, 1.82) is 0 Å². The van der Waals surface area contributed by atoms with E-state index in [0.717, 1.165) is 5.52 Å². The molecule has 0 saturated heterocycles. The van der Waals surface area contributed by atoms with Gasteiger partial charge in [0.05, 0.1) is 24.7 Å². The van der Waals surface area contributed by atoms with Crippen LogP contribution < -0.4 is 21.5 Å². The van der Waals surface area contributed by atoms with Gasteiger partial charge in [0.1, 0.15) is 11.6 Å². The Bertz CT molecular complexity index is 1120. The molecule has 1 aromatic carbocycles. The number of fused-ring (bicyclic) bond motifs is 1. The molecule has 0 radical (unpaired) electrons. The van der Waals surface area contributed by atoms with Gasteiger partial charge in [0, 0.05) is 12.6 Å². The molecule has 0 atom stereocenters. The molecule has 5 N–H and O–H groups in total. The highest BCUT2D eigenvalue weighted by Gasteiger charge is 2.17. The first kappa shape index (κ1) is 21.1. The number of nitrogens with one attached hydrogen (secondary N) is 1. The van der Waals surface area contributed by atoms with E-state index in [-0.39, 0.29) is 35.6 Å². The van der Waals surface area contributed by atoms with Crippen molar-refractivity contribution in [2.45, 2.75) is 20.0 Å². The van der Waals surface area contributed by atoms with Crippen LogP contribution in [0.5, 0.6) is 5.75 Å². The Hall–Kier alpha value is -3.60. The number of halogens is 1. The highest BCUT2D eigenvalue weighted by atomic mass is 35.5. The molecule has 3 aromatic rings. The van der Waals surface area contributed by atoms with Gasteiger partial charge in [0.2, 0.25) is 0 Å². The number of benzene rings is 1. The molecule has 12 heteroatoms. The second-order valence-electron chi connectivity index (χ2n) is 6.10. The van der Waals surface area contributed by atoms with Crippen LogP contribution in [0.4, 0.5) is 11.6 Å². The summed E-state index contributed by atoms with van der Waals surface area (Å²) in [5.41, 5.74) is 12.6. The Labute approximate surface area is 176 Å². The summed E-state index contributed by atoms with van der Waals surface area (Å²) in [6, 6.07) is 5.24. The first-order chi connectivity index (χ1) is 14.3. The molecule has 0 unspecified atom stereocenters. The number of aryl methyl sites for hydroxylation is 1. The summed E-state index contributed by atoms with van der Waals surface area (Å²) in [5.74, 6) is -0.0995. The minimum Gasteiger partial charge on any atom is -0.482 e. The number of amides is 1. The fourth-order valence-corrected chi connectivity index (χ4v) is 2.91. The molecule has 0 spiro atoms. The fraction of sp³-hybridized carbons (Fsp3) is 0.278. The molecule has 2 heterocycles. The average molecular weight is 434 g/mol. The molecule has 11 nitrogen and oxygen atoms in total. The molecule has 0 fully saturated rings. The summed E-state index contributed by atoms with van der Waals surface area (Å²) in [6.07, 6.45) is 0. The van der Waals surface area contributed by atoms with Gasteiger partial charge in [-0.2, -0.15) is 0 Å². The van der Waals surface area contributed by atoms with Crippen molar-refractivity contribution in [3.8, 4) is 5.75 Å². The lowest BCUT2D eigenvalue weighted by Gasteiger charge is -2.09. The first-order valence-electron chi connectivity index (χ1n) is 8.89. The van der Waals surface area contributed by atoms with Crippen LogP contribution in [0.25, 0.3) is 11.0 Å². The van der Waals surface area contributed by atoms with Gasteiger partial charge >= 0.3 is 5.97 Å². The number of carbonyl (C=O) groups excluding carboxylic acids is 2. The van der Waals surface area contributed by atoms with Gasteiger partial charge in [-0.05, 0) is 19.1 Å². The van der Waals surface area contributed by atoms with Crippen molar-refractivity contribution in [1.82, 2.24) is 24.8 Å². The molecule has 0 aliphatic carbocycles. The topological polar surface area (TPSA) is 160 Å². The summed E-state index contributed by atoms with van der Waals surface area (Å²) >= 11 is 5.83. The molecule has 158 valence electrons. The molecule has 0 bridgehead atoms. The average Bonchev–Trinajstić information content (AvgIpc) is 3.09. The second-order valence-corrected chi connectivity index (χ2v) is 6.46. The van der Waals surface area contributed by atoms with Crippen molar-refractivity contribution >= 4 is 46.1 Å². The predicted octanol–water partition coefficient (Wildman–Crippen LogP) is 1.15. The monoisotopic (exact) mass is 433 g/mol. The fourth-order valence-electron chi connectivity index (χ4n) is 2.78. The largest absolute Gasteiger partial charge is 0.482 e. The zero-order valence-corrected chi connectivity index (χ0v) is 17.1. The zero-order valence-electron chi connectivity index (χ0n) is 16.3. The number of rotatable bonds is 7. The molecule has 0 aliphatic heterocycles. The van der Waals surface area contributed by atoms with Gasteiger partial charge < -0.3 is 30.8 Å². The third-order valence-electron chi connectivity index (χ3n) is 4.23. The number of carbonyl (C=O) groups is 2. The Kier molecular flexibility index (Phi) is 6.21. The van der Waals surface area contributed by atoms with Crippen LogP contribution in [-0.2, 0) is 22.6 Å². The van der Waals surface area contributed by atoms with Crippen molar-refractivity contribution in [3.05, 3.63) is 34.9 Å². The number of nitrogens with two attached hydrogens (primary N) is 2. The zero-order chi connectivity index (χ0) is 21.8. The van der Waals surface area contributed by atoms with Gasteiger partial charge in [-0.15, -0.1) is 0 Å².